The van der Waals surface area contributed by atoms with Crippen molar-refractivity contribution in [2.45, 2.75) is 38.8 Å². The fourth-order valence-electron chi connectivity index (χ4n) is 5.08. The number of nitrogens with zero attached hydrogens (tertiary/aromatic N) is 1. The van der Waals surface area contributed by atoms with E-state index in [1.54, 1.807) is 43.3 Å². The molecule has 2 N–H and O–H groups in total. The van der Waals surface area contributed by atoms with Crippen LogP contribution in [0.1, 0.15) is 50.8 Å². The van der Waals surface area contributed by atoms with Crippen molar-refractivity contribution in [1.82, 2.24) is 10.2 Å². The molecule has 0 bridgehead atoms. The van der Waals surface area contributed by atoms with E-state index in [0.717, 1.165) is 16.0 Å². The molecule has 1 aliphatic heterocycles. The number of urea groups is 1. The Balaban J connectivity index is 2.00. The van der Waals surface area contributed by atoms with Gasteiger partial charge in [0.1, 0.15) is 6.04 Å². The van der Waals surface area contributed by atoms with Crippen molar-refractivity contribution in [1.29, 1.82) is 0 Å². The Morgan fingerprint density at radius 3 is 2.29 bits per heavy atom. The van der Waals surface area contributed by atoms with E-state index in [9.17, 15) is 19.5 Å². The van der Waals surface area contributed by atoms with Gasteiger partial charge in [0.2, 0.25) is 0 Å². The zero-order chi connectivity index (χ0) is 25.3. The average molecular weight is 511 g/mol. The third-order valence-corrected chi connectivity index (χ3v) is 7.98. The minimum Gasteiger partial charge on any atom is -0.480 e. The predicted octanol–water partition coefficient (Wildman–Crippen LogP) is 5.84. The van der Waals surface area contributed by atoms with E-state index in [1.165, 1.54) is 16.2 Å². The summed E-state index contributed by atoms with van der Waals surface area (Å²) in [6.07, 6.45) is 0. The SMILES string of the molecule is CCNC(=O)N1C(C(=O)O)C(c2sccc2C)C(C(=O)c2ccccc2C)C1c1ccc(Cl)cc1. The smallest absolute Gasteiger partial charge is 0.327 e. The molecule has 3 aromatic rings. The number of Topliss-reactive ketones (excluding diaryl/α,β-unsaturated/α-hetero) is 1. The summed E-state index contributed by atoms with van der Waals surface area (Å²) in [5.41, 5.74) is 2.90. The van der Waals surface area contributed by atoms with E-state index in [2.05, 4.69) is 5.32 Å². The zero-order valence-corrected chi connectivity index (χ0v) is 21.3. The molecule has 35 heavy (non-hydrogen) atoms. The van der Waals surface area contributed by atoms with Gasteiger partial charge in [-0.05, 0) is 61.0 Å². The molecule has 1 aliphatic rings. The molecule has 2 amide bonds. The fourth-order valence-corrected chi connectivity index (χ4v) is 6.31. The van der Waals surface area contributed by atoms with E-state index in [4.69, 9.17) is 11.6 Å². The molecule has 4 unspecified atom stereocenters. The van der Waals surface area contributed by atoms with Gasteiger partial charge in [-0.3, -0.25) is 4.79 Å². The second kappa shape index (κ2) is 10.2. The van der Waals surface area contributed by atoms with E-state index in [0.29, 0.717) is 22.7 Å². The van der Waals surface area contributed by atoms with Crippen LogP contribution in [0, 0.1) is 19.8 Å². The van der Waals surface area contributed by atoms with Gasteiger partial charge in [0.25, 0.3) is 0 Å². The number of thiophene rings is 1. The first-order valence-electron chi connectivity index (χ1n) is 11.4. The molecular formula is C27H27ClN2O4S. The Labute approximate surface area is 213 Å². The number of likely N-dealkylation sites (tertiary alicyclic amines) is 1. The van der Waals surface area contributed by atoms with Crippen molar-refractivity contribution in [3.8, 4) is 0 Å². The highest BCUT2D eigenvalue weighted by Crippen LogP contribution is 2.53. The first kappa shape index (κ1) is 24.9. The van der Waals surface area contributed by atoms with Gasteiger partial charge in [-0.2, -0.15) is 0 Å². The lowest BCUT2D eigenvalue weighted by atomic mass is 9.77. The van der Waals surface area contributed by atoms with Crippen LogP contribution in [0.5, 0.6) is 0 Å². The van der Waals surface area contributed by atoms with Gasteiger partial charge < -0.3 is 15.3 Å². The molecular weight excluding hydrogens is 484 g/mol. The minimum absolute atomic E-state index is 0.182. The van der Waals surface area contributed by atoms with Gasteiger partial charge in [-0.1, -0.05) is 48.0 Å². The van der Waals surface area contributed by atoms with Crippen LogP contribution in [0.4, 0.5) is 4.79 Å². The number of nitrogens with one attached hydrogen (secondary N) is 1. The molecule has 0 saturated carbocycles. The molecule has 1 aromatic heterocycles. The number of amides is 2. The quantitative estimate of drug-likeness (QED) is 0.408. The van der Waals surface area contributed by atoms with Crippen molar-refractivity contribution in [2.24, 2.45) is 5.92 Å². The molecule has 4 rings (SSSR count). The van der Waals surface area contributed by atoms with Gasteiger partial charge in [-0.15, -0.1) is 11.3 Å². The highest BCUT2D eigenvalue weighted by molar-refractivity contribution is 7.10. The fraction of sp³-hybridized carbons (Fsp3) is 0.296. The average Bonchev–Trinajstić information content (AvgIpc) is 3.40. The molecule has 1 saturated heterocycles. The maximum Gasteiger partial charge on any atom is 0.327 e. The molecule has 0 aliphatic carbocycles. The van der Waals surface area contributed by atoms with Crippen LogP contribution in [-0.4, -0.2) is 40.4 Å². The highest BCUT2D eigenvalue weighted by Gasteiger charge is 2.58. The Bertz CT molecular complexity index is 1260. The van der Waals surface area contributed by atoms with Crippen LogP contribution in [-0.2, 0) is 4.79 Å². The number of rotatable bonds is 6. The Kier molecular flexibility index (Phi) is 7.28. The lowest BCUT2D eigenvalue weighted by molar-refractivity contribution is -0.142. The first-order valence-corrected chi connectivity index (χ1v) is 12.7. The molecule has 0 radical (unpaired) electrons. The summed E-state index contributed by atoms with van der Waals surface area (Å²) < 4.78 is 0. The minimum atomic E-state index is -1.22. The van der Waals surface area contributed by atoms with E-state index < -0.39 is 35.9 Å². The van der Waals surface area contributed by atoms with Gasteiger partial charge in [0.05, 0.1) is 12.0 Å². The molecule has 1 fully saturated rings. The summed E-state index contributed by atoms with van der Waals surface area (Å²) in [6.45, 7) is 5.87. The number of hydrogen-bond donors (Lipinski definition) is 2. The monoisotopic (exact) mass is 510 g/mol. The van der Waals surface area contributed by atoms with Crippen LogP contribution in [0.25, 0.3) is 0 Å². The zero-order valence-electron chi connectivity index (χ0n) is 19.7. The van der Waals surface area contributed by atoms with Crippen LogP contribution in [0.2, 0.25) is 5.02 Å². The molecule has 2 heterocycles. The summed E-state index contributed by atoms with van der Waals surface area (Å²) >= 11 is 7.56. The molecule has 0 spiro atoms. The van der Waals surface area contributed by atoms with Crippen molar-refractivity contribution < 1.29 is 19.5 Å². The lowest BCUT2D eigenvalue weighted by Crippen LogP contribution is -2.48. The number of aliphatic carboxylic acids is 1. The maximum absolute atomic E-state index is 14.3. The number of benzene rings is 2. The molecule has 8 heteroatoms. The summed E-state index contributed by atoms with van der Waals surface area (Å²) in [6, 6.07) is 13.6. The lowest BCUT2D eigenvalue weighted by Gasteiger charge is -2.30. The Morgan fingerprint density at radius 1 is 1.03 bits per heavy atom. The molecule has 2 aromatic carbocycles. The number of halogens is 1. The second-order valence-corrected chi connectivity index (χ2v) is 10.1. The summed E-state index contributed by atoms with van der Waals surface area (Å²) in [7, 11) is 0. The molecule has 6 nitrogen and oxygen atoms in total. The van der Waals surface area contributed by atoms with Crippen LogP contribution in [0.3, 0.4) is 0 Å². The summed E-state index contributed by atoms with van der Waals surface area (Å²) in [4.78, 5) is 42.6. The maximum atomic E-state index is 14.3. The van der Waals surface area contributed by atoms with Crippen LogP contribution < -0.4 is 5.32 Å². The number of carboxylic acid groups (broad SMARTS) is 1. The molecule has 182 valence electrons. The number of aryl methyl sites for hydroxylation is 2. The van der Waals surface area contributed by atoms with Gasteiger partial charge in [-0.25, -0.2) is 9.59 Å². The van der Waals surface area contributed by atoms with E-state index in [-0.39, 0.29) is 5.78 Å². The Morgan fingerprint density at radius 2 is 1.71 bits per heavy atom. The number of carboxylic acids is 1. The number of carbonyl (C=O) groups is 3. The number of ketones is 1. The van der Waals surface area contributed by atoms with Gasteiger partial charge in [0.15, 0.2) is 5.78 Å². The van der Waals surface area contributed by atoms with Crippen LogP contribution >= 0.6 is 22.9 Å². The predicted molar refractivity (Wildman–Crippen MR) is 137 cm³/mol. The van der Waals surface area contributed by atoms with E-state index in [1.807, 2.05) is 37.4 Å². The summed E-state index contributed by atoms with van der Waals surface area (Å²) in [5.74, 6) is -2.85. The number of carbonyl (C=O) groups excluding carboxylic acids is 2. The van der Waals surface area contributed by atoms with Crippen molar-refractivity contribution in [2.75, 3.05) is 6.54 Å². The van der Waals surface area contributed by atoms with Crippen LogP contribution in [0.15, 0.2) is 60.0 Å². The normalized spacial score (nSPS) is 21.7. The highest BCUT2D eigenvalue weighted by atomic mass is 35.5. The van der Waals surface area contributed by atoms with Gasteiger partial charge in [0, 0.05) is 27.9 Å². The van der Waals surface area contributed by atoms with Gasteiger partial charge >= 0.3 is 12.0 Å². The van der Waals surface area contributed by atoms with Crippen molar-refractivity contribution >= 4 is 40.7 Å². The topological polar surface area (TPSA) is 86.7 Å². The largest absolute Gasteiger partial charge is 0.480 e. The second-order valence-electron chi connectivity index (χ2n) is 8.72. The third kappa shape index (κ3) is 4.58. The van der Waals surface area contributed by atoms with E-state index >= 15 is 0 Å². The van der Waals surface area contributed by atoms with Crippen molar-refractivity contribution in [3.05, 3.63) is 92.1 Å². The first-order chi connectivity index (χ1) is 16.8. The third-order valence-electron chi connectivity index (χ3n) is 6.61. The Hall–Kier alpha value is -3.16. The summed E-state index contributed by atoms with van der Waals surface area (Å²) in [5, 5.41) is 15.6. The molecule has 4 atom stereocenters. The standard InChI is InChI=1S/C27H27ClN2O4S/c1-4-29-27(34)30-22(17-9-11-18(28)12-10-17)20(24(31)19-8-6-5-7-15(19)2)21(23(30)26(32)33)25-16(3)13-14-35-25/h5-14,20-23H,4H2,1-3H3,(H,29,34)(H,32,33). The van der Waals surface area contributed by atoms with Crippen molar-refractivity contribution in [3.63, 3.8) is 0 Å². The number of hydrogen-bond acceptors (Lipinski definition) is 4.